The van der Waals surface area contributed by atoms with Gasteiger partial charge in [0.2, 0.25) is 5.91 Å². The number of rotatable bonds is 3. The molecule has 1 heterocycles. The smallest absolute Gasteiger partial charge is 0.328 e. The van der Waals surface area contributed by atoms with E-state index in [-0.39, 0.29) is 13.0 Å². The first-order valence-corrected chi connectivity index (χ1v) is 7.68. The number of hydrogen-bond donors (Lipinski definition) is 1. The number of aliphatic hydroxyl groups is 1. The Morgan fingerprint density at radius 2 is 1.89 bits per heavy atom. The van der Waals surface area contributed by atoms with E-state index in [1.165, 1.54) is 21.0 Å². The molecule has 0 aromatic rings. The average Bonchev–Trinajstić information content (AvgIpc) is 2.67. The van der Waals surface area contributed by atoms with Crippen molar-refractivity contribution in [3.05, 3.63) is 0 Å². The molecule has 7 nitrogen and oxygen atoms in total. The van der Waals surface area contributed by atoms with Gasteiger partial charge in [0.25, 0.3) is 0 Å². The van der Waals surface area contributed by atoms with E-state index in [0.717, 1.165) is 11.2 Å². The highest BCUT2D eigenvalue weighted by Crippen LogP contribution is 2.26. The molecular formula is C11H19NO6S. The van der Waals surface area contributed by atoms with Crippen LogP contribution in [-0.2, 0) is 24.2 Å². The van der Waals surface area contributed by atoms with Crippen molar-refractivity contribution in [3.63, 3.8) is 0 Å². The zero-order valence-corrected chi connectivity index (χ0v) is 12.2. The molecule has 0 aromatic carbocycles. The van der Waals surface area contributed by atoms with Crippen LogP contribution in [0.5, 0.6) is 0 Å². The third kappa shape index (κ3) is 2.89. The lowest BCUT2D eigenvalue weighted by Gasteiger charge is -2.30. The van der Waals surface area contributed by atoms with E-state index < -0.39 is 38.6 Å². The number of carbonyl (C=O) groups is 2. The number of β-amino-alcohol motifs (C(OH)–C–C–N with tert-alkyl or cyclic N) is 1. The summed E-state index contributed by atoms with van der Waals surface area (Å²) < 4.78 is 26.2. The molecule has 110 valence electrons. The monoisotopic (exact) mass is 293 g/mol. The maximum atomic E-state index is 12.3. The van der Waals surface area contributed by atoms with Crippen molar-refractivity contribution in [1.29, 1.82) is 0 Å². The Morgan fingerprint density at radius 1 is 1.37 bits per heavy atom. The summed E-state index contributed by atoms with van der Waals surface area (Å²) in [6.45, 7) is 2.49. The molecule has 8 heteroatoms. The number of methoxy groups -OCH3 is 1. The first-order valence-electron chi connectivity index (χ1n) is 5.79. The van der Waals surface area contributed by atoms with Crippen LogP contribution in [0.2, 0.25) is 0 Å². The summed E-state index contributed by atoms with van der Waals surface area (Å²) in [6.07, 6.45) is 0.159. The van der Waals surface area contributed by atoms with Gasteiger partial charge in [0.15, 0.2) is 9.84 Å². The van der Waals surface area contributed by atoms with Crippen LogP contribution < -0.4 is 0 Å². The molecule has 2 atom stereocenters. The number of carbonyl (C=O) groups excluding carboxylic acids is 2. The van der Waals surface area contributed by atoms with Crippen LogP contribution in [0.15, 0.2) is 0 Å². The number of sulfone groups is 1. The van der Waals surface area contributed by atoms with Gasteiger partial charge in [-0.25, -0.2) is 13.2 Å². The van der Waals surface area contributed by atoms with Crippen molar-refractivity contribution in [2.45, 2.75) is 37.2 Å². The molecular weight excluding hydrogens is 274 g/mol. The van der Waals surface area contributed by atoms with E-state index in [2.05, 4.69) is 4.74 Å². The van der Waals surface area contributed by atoms with Crippen LogP contribution in [0.4, 0.5) is 0 Å². The summed E-state index contributed by atoms with van der Waals surface area (Å²) in [7, 11) is -2.46. The molecule has 1 aliphatic rings. The average molecular weight is 293 g/mol. The Morgan fingerprint density at radius 3 is 2.32 bits per heavy atom. The van der Waals surface area contributed by atoms with Crippen molar-refractivity contribution in [2.24, 2.45) is 0 Å². The Hall–Kier alpha value is -1.15. The zero-order chi connectivity index (χ0) is 15.0. The van der Waals surface area contributed by atoms with Gasteiger partial charge in [0.05, 0.1) is 13.2 Å². The van der Waals surface area contributed by atoms with E-state index >= 15 is 0 Å². The lowest BCUT2D eigenvalue weighted by Crippen LogP contribution is -2.53. The van der Waals surface area contributed by atoms with Crippen LogP contribution in [0.1, 0.15) is 20.3 Å². The van der Waals surface area contributed by atoms with Crippen molar-refractivity contribution in [3.8, 4) is 0 Å². The molecule has 1 saturated heterocycles. The highest BCUT2D eigenvalue weighted by molar-refractivity contribution is 7.92. The third-order valence-corrected chi connectivity index (χ3v) is 5.48. The fourth-order valence-electron chi connectivity index (χ4n) is 1.90. The maximum Gasteiger partial charge on any atom is 0.328 e. The van der Waals surface area contributed by atoms with Gasteiger partial charge < -0.3 is 14.7 Å². The fourth-order valence-corrected chi connectivity index (χ4v) is 2.34. The van der Waals surface area contributed by atoms with E-state index in [1.807, 2.05) is 0 Å². The highest BCUT2D eigenvalue weighted by Gasteiger charge is 2.48. The predicted octanol–water partition coefficient (Wildman–Crippen LogP) is -1.06. The Bertz CT molecular complexity index is 483. The Labute approximate surface area is 112 Å². The Balaban J connectivity index is 3.07. The summed E-state index contributed by atoms with van der Waals surface area (Å²) in [6, 6.07) is -0.937. The number of nitrogens with zero attached hydrogens (tertiary/aromatic N) is 1. The van der Waals surface area contributed by atoms with E-state index in [9.17, 15) is 23.1 Å². The first-order chi connectivity index (χ1) is 8.52. The summed E-state index contributed by atoms with van der Waals surface area (Å²) >= 11 is 0. The van der Waals surface area contributed by atoms with E-state index in [4.69, 9.17) is 0 Å². The van der Waals surface area contributed by atoms with Gasteiger partial charge in [0, 0.05) is 19.2 Å². The first kappa shape index (κ1) is 15.9. The van der Waals surface area contributed by atoms with Crippen LogP contribution >= 0.6 is 0 Å². The molecule has 19 heavy (non-hydrogen) atoms. The number of hydrogen-bond acceptors (Lipinski definition) is 6. The number of esters is 1. The standard InChI is InChI=1S/C11H19NO6S/c1-11(2,19(4,16)17)10(15)12-6-7(13)5-8(12)9(14)18-3/h7-8,13H,5-6H2,1-4H3. The van der Waals surface area contributed by atoms with Gasteiger partial charge >= 0.3 is 5.97 Å². The minimum Gasteiger partial charge on any atom is -0.467 e. The molecule has 0 bridgehead atoms. The molecule has 0 aliphatic carbocycles. The topological polar surface area (TPSA) is 101 Å². The van der Waals surface area contributed by atoms with Crippen molar-refractivity contribution >= 4 is 21.7 Å². The van der Waals surface area contributed by atoms with Crippen molar-refractivity contribution in [1.82, 2.24) is 4.90 Å². The third-order valence-electron chi connectivity index (χ3n) is 3.46. The van der Waals surface area contributed by atoms with Gasteiger partial charge in [-0.05, 0) is 13.8 Å². The second-order valence-corrected chi connectivity index (χ2v) is 7.73. The summed E-state index contributed by atoms with van der Waals surface area (Å²) in [5, 5.41) is 9.58. The zero-order valence-electron chi connectivity index (χ0n) is 11.4. The molecule has 1 N–H and O–H groups in total. The molecule has 2 unspecified atom stereocenters. The van der Waals surface area contributed by atoms with Crippen LogP contribution in [0.25, 0.3) is 0 Å². The lowest BCUT2D eigenvalue weighted by atomic mass is 10.1. The summed E-state index contributed by atoms with van der Waals surface area (Å²) in [5.74, 6) is -1.36. The fraction of sp³-hybridized carbons (Fsp3) is 0.818. The van der Waals surface area contributed by atoms with Crippen LogP contribution in [0.3, 0.4) is 0 Å². The molecule has 0 spiro atoms. The molecule has 1 aliphatic heterocycles. The van der Waals surface area contributed by atoms with Crippen molar-refractivity contribution < 1.29 is 27.9 Å². The Kier molecular flexibility index (Phi) is 4.26. The summed E-state index contributed by atoms with van der Waals surface area (Å²) in [5.41, 5.74) is 0. The minimum absolute atomic E-state index is 0.0538. The number of likely N-dealkylation sites (tertiary alicyclic amines) is 1. The number of amides is 1. The highest BCUT2D eigenvalue weighted by atomic mass is 32.2. The van der Waals surface area contributed by atoms with Gasteiger partial charge in [-0.15, -0.1) is 0 Å². The number of aliphatic hydroxyl groups excluding tert-OH is 1. The molecule has 0 radical (unpaired) electrons. The van der Waals surface area contributed by atoms with Crippen LogP contribution in [-0.4, -0.2) is 67.1 Å². The second-order valence-electron chi connectivity index (χ2n) is 5.17. The van der Waals surface area contributed by atoms with Gasteiger partial charge in [-0.1, -0.05) is 0 Å². The maximum absolute atomic E-state index is 12.3. The predicted molar refractivity (Wildman–Crippen MR) is 67.1 cm³/mol. The second kappa shape index (κ2) is 5.09. The molecule has 1 rings (SSSR count). The largest absolute Gasteiger partial charge is 0.467 e. The van der Waals surface area contributed by atoms with E-state index in [1.54, 1.807) is 0 Å². The lowest BCUT2D eigenvalue weighted by molar-refractivity contribution is -0.151. The van der Waals surface area contributed by atoms with Gasteiger partial charge in [0.1, 0.15) is 10.8 Å². The molecule has 1 fully saturated rings. The normalized spacial score (nSPS) is 24.4. The SMILES string of the molecule is COC(=O)C1CC(O)CN1C(=O)C(C)(C)S(C)(=O)=O. The van der Waals surface area contributed by atoms with Crippen LogP contribution in [0, 0.1) is 0 Å². The number of ether oxygens (including phenoxy) is 1. The van der Waals surface area contributed by atoms with E-state index in [0.29, 0.717) is 0 Å². The molecule has 0 saturated carbocycles. The molecule has 1 amide bonds. The van der Waals surface area contributed by atoms with Gasteiger partial charge in [-0.3, -0.25) is 4.79 Å². The van der Waals surface area contributed by atoms with Crippen molar-refractivity contribution in [2.75, 3.05) is 19.9 Å². The quantitative estimate of drug-likeness (QED) is 0.666. The van der Waals surface area contributed by atoms with Gasteiger partial charge in [-0.2, -0.15) is 0 Å². The summed E-state index contributed by atoms with van der Waals surface area (Å²) in [4.78, 5) is 25.0. The minimum atomic E-state index is -3.64. The molecule has 0 aromatic heterocycles.